The Kier molecular flexibility index (Phi) is 6.26. The highest BCUT2D eigenvalue weighted by Gasteiger charge is 2.30. The molecule has 4 nitrogen and oxygen atoms in total. The zero-order valence-electron chi connectivity index (χ0n) is 32.2. The second-order valence-corrected chi connectivity index (χ2v) is 15.9. The van der Waals surface area contributed by atoms with E-state index in [-0.39, 0.29) is 0 Å². The number of pyridine rings is 2. The maximum Gasteiger partial charge on any atom is 0.143 e. The molecule has 14 rings (SSSR count). The first kappa shape index (κ1) is 31.9. The van der Waals surface area contributed by atoms with Gasteiger partial charge in [-0.1, -0.05) is 146 Å². The number of hydrogen-bond acceptors (Lipinski definition) is 2. The molecule has 12 aromatic rings. The summed E-state index contributed by atoms with van der Waals surface area (Å²) >= 11 is 0. The van der Waals surface area contributed by atoms with Crippen molar-refractivity contribution in [2.45, 2.75) is 0 Å². The second-order valence-electron chi connectivity index (χ2n) is 15.9. The molecule has 0 spiro atoms. The van der Waals surface area contributed by atoms with E-state index in [2.05, 4.69) is 191 Å². The van der Waals surface area contributed by atoms with Crippen molar-refractivity contribution in [2.75, 3.05) is 0 Å². The third-order valence-corrected chi connectivity index (χ3v) is 12.9. The van der Waals surface area contributed by atoms with Crippen LogP contribution in [-0.2, 0) is 0 Å². The van der Waals surface area contributed by atoms with Gasteiger partial charge in [0.05, 0.1) is 22.1 Å². The number of hydrogen-bond donors (Lipinski definition) is 0. The first-order valence-electron chi connectivity index (χ1n) is 20.5. The lowest BCUT2D eigenvalue weighted by atomic mass is 9.84. The van der Waals surface area contributed by atoms with E-state index >= 15 is 0 Å². The summed E-state index contributed by atoms with van der Waals surface area (Å²) in [5.74, 6) is 0. The summed E-state index contributed by atoms with van der Waals surface area (Å²) in [6.45, 7) is 0. The molecule has 0 unspecified atom stereocenters. The van der Waals surface area contributed by atoms with Crippen LogP contribution in [0.5, 0.6) is 0 Å². The molecule has 4 heterocycles. The van der Waals surface area contributed by atoms with Gasteiger partial charge in [-0.05, 0) is 59.3 Å². The van der Waals surface area contributed by atoms with Crippen LogP contribution in [0, 0.1) is 0 Å². The van der Waals surface area contributed by atoms with Gasteiger partial charge in [0.2, 0.25) is 0 Å². The molecule has 0 amide bonds. The first-order chi connectivity index (χ1) is 29.8. The van der Waals surface area contributed by atoms with Gasteiger partial charge in [0.25, 0.3) is 0 Å². The van der Waals surface area contributed by atoms with Crippen molar-refractivity contribution < 1.29 is 8.83 Å². The minimum Gasteiger partial charge on any atom is -0.455 e. The number of fused-ring (bicyclic) bond motifs is 6. The van der Waals surface area contributed by atoms with Crippen LogP contribution in [0.2, 0.25) is 0 Å². The summed E-state index contributed by atoms with van der Waals surface area (Å²) < 4.78 is 18.5. The van der Waals surface area contributed by atoms with Gasteiger partial charge >= 0.3 is 0 Å². The lowest BCUT2D eigenvalue weighted by Gasteiger charge is -2.30. The Bertz CT molecular complexity index is 3730. The van der Waals surface area contributed by atoms with Crippen LogP contribution in [0.4, 0.5) is 0 Å². The molecule has 0 radical (unpaired) electrons. The summed E-state index contributed by atoms with van der Waals surface area (Å²) in [7, 11) is 0. The zero-order valence-corrected chi connectivity index (χ0v) is 32.2. The summed E-state index contributed by atoms with van der Waals surface area (Å²) in [5.41, 5.74) is 17.2. The van der Waals surface area contributed by atoms with E-state index < -0.39 is 0 Å². The van der Waals surface area contributed by atoms with Crippen LogP contribution in [-0.4, -0.2) is 9.13 Å². The molecule has 0 saturated heterocycles. The number of para-hydroxylation sites is 6. The molecule has 2 aliphatic heterocycles. The number of benzene rings is 10. The molecule has 10 aromatic carbocycles. The minimum atomic E-state index is 0.892. The van der Waals surface area contributed by atoms with Crippen molar-refractivity contribution in [3.05, 3.63) is 194 Å². The van der Waals surface area contributed by atoms with Gasteiger partial charge in [-0.3, -0.25) is 0 Å². The van der Waals surface area contributed by atoms with Crippen molar-refractivity contribution in [3.63, 3.8) is 0 Å². The molecule has 0 fully saturated rings. The molecule has 4 heteroatoms. The van der Waals surface area contributed by atoms with Crippen LogP contribution in [0.1, 0.15) is 0 Å². The molecular weight excluding hydrogens is 733 g/mol. The van der Waals surface area contributed by atoms with Gasteiger partial charge in [0.15, 0.2) is 0 Å². The van der Waals surface area contributed by atoms with Crippen LogP contribution in [0.25, 0.3) is 132 Å². The summed E-state index contributed by atoms with van der Waals surface area (Å²) in [4.78, 5) is 0. The van der Waals surface area contributed by atoms with Crippen molar-refractivity contribution >= 4 is 87.5 Å². The Balaban J connectivity index is 1.22. The van der Waals surface area contributed by atoms with Crippen molar-refractivity contribution in [3.8, 4) is 44.8 Å². The van der Waals surface area contributed by atoms with Crippen LogP contribution in [0.3, 0.4) is 0 Å². The number of rotatable bonds is 4. The molecule has 2 aliphatic rings. The minimum absolute atomic E-state index is 0.892. The van der Waals surface area contributed by atoms with Gasteiger partial charge in [-0.25, -0.2) is 0 Å². The summed E-state index contributed by atoms with van der Waals surface area (Å²) in [6, 6.07) is 70.0. The fourth-order valence-corrected chi connectivity index (χ4v) is 10.4. The van der Waals surface area contributed by atoms with Gasteiger partial charge in [-0.2, -0.15) is 0 Å². The molecule has 2 aromatic heterocycles. The molecular formula is C56H32N2O2. The maximum atomic E-state index is 6.74. The van der Waals surface area contributed by atoms with E-state index in [0.29, 0.717) is 0 Å². The van der Waals surface area contributed by atoms with E-state index in [9.17, 15) is 0 Å². The predicted octanol–water partition coefficient (Wildman–Crippen LogP) is 15.6. The highest BCUT2D eigenvalue weighted by atomic mass is 16.3. The van der Waals surface area contributed by atoms with E-state index in [1.807, 2.05) is 12.1 Å². The van der Waals surface area contributed by atoms with Crippen molar-refractivity contribution in [2.24, 2.45) is 0 Å². The normalized spacial score (nSPS) is 12.3. The molecule has 0 N–H and O–H groups in total. The van der Waals surface area contributed by atoms with E-state index in [4.69, 9.17) is 8.83 Å². The van der Waals surface area contributed by atoms with Gasteiger partial charge < -0.3 is 18.0 Å². The first-order valence-corrected chi connectivity index (χ1v) is 20.5. The van der Waals surface area contributed by atoms with E-state index in [1.54, 1.807) is 0 Å². The Labute approximate surface area is 343 Å². The topological polar surface area (TPSA) is 36.1 Å². The van der Waals surface area contributed by atoms with Crippen molar-refractivity contribution in [1.29, 1.82) is 0 Å². The maximum absolute atomic E-state index is 6.74. The highest BCUT2D eigenvalue weighted by molar-refractivity contribution is 6.30. The SMILES string of the molecule is c1ccc(-n2c3ccc4ccc(-c5cccc6c5oc5ccccc56)c5c4c3-c3c4c(ccc(-c6cccc7c6oc6ccccc67)c42)ccc3n5-c2ccccc2)cc1. The molecule has 60 heavy (non-hydrogen) atoms. The smallest absolute Gasteiger partial charge is 0.143 e. The monoisotopic (exact) mass is 764 g/mol. The fourth-order valence-electron chi connectivity index (χ4n) is 10.4. The summed E-state index contributed by atoms with van der Waals surface area (Å²) in [5, 5.41) is 9.30. The van der Waals surface area contributed by atoms with Gasteiger partial charge in [0, 0.05) is 77.1 Å². The van der Waals surface area contributed by atoms with Gasteiger partial charge in [0.1, 0.15) is 22.3 Å². The third-order valence-electron chi connectivity index (χ3n) is 12.9. The standard InChI is InChI=1S/C56H32N2O2/c1-3-13-35(14-4-1)57-45-31-27-34-26-30-40(44-22-12-20-42-38-18-8-10-24-48(38)60-56(42)44)54-50(34)51(45)52-46(58(54)36-15-5-2-6-16-36)32-28-33-25-29-39(53(57)49(33)52)43-21-11-19-41-37-17-7-9-23-47(37)59-55(41)43/h1-32H. The third kappa shape index (κ3) is 4.14. The van der Waals surface area contributed by atoms with Crippen LogP contribution >= 0.6 is 0 Å². The molecule has 0 atom stereocenters. The fraction of sp³-hybridized carbons (Fsp3) is 0. The number of nitrogens with zero attached hydrogens (tertiary/aromatic N) is 2. The van der Waals surface area contributed by atoms with E-state index in [0.717, 1.165) is 99.6 Å². The zero-order chi connectivity index (χ0) is 39.1. The molecule has 0 aliphatic carbocycles. The number of aromatic nitrogens is 2. The van der Waals surface area contributed by atoms with Gasteiger partial charge in [-0.15, -0.1) is 0 Å². The molecule has 278 valence electrons. The Morgan fingerprint density at radius 2 is 0.700 bits per heavy atom. The lowest BCUT2D eigenvalue weighted by molar-refractivity contribution is 0.669. The Morgan fingerprint density at radius 1 is 0.300 bits per heavy atom. The average molecular weight is 765 g/mol. The second kappa shape index (κ2) is 11.8. The largest absolute Gasteiger partial charge is 0.455 e. The predicted molar refractivity (Wildman–Crippen MR) is 248 cm³/mol. The van der Waals surface area contributed by atoms with E-state index in [1.165, 1.54) is 32.7 Å². The molecule has 0 saturated carbocycles. The number of furan rings is 2. The average Bonchev–Trinajstić information content (AvgIpc) is 3.89. The van der Waals surface area contributed by atoms with Crippen LogP contribution in [0.15, 0.2) is 203 Å². The Hall–Kier alpha value is -8.08. The van der Waals surface area contributed by atoms with Crippen LogP contribution < -0.4 is 0 Å². The summed E-state index contributed by atoms with van der Waals surface area (Å²) in [6.07, 6.45) is 0. The highest BCUT2D eigenvalue weighted by Crippen LogP contribution is 2.53. The lowest BCUT2D eigenvalue weighted by Crippen LogP contribution is -2.11. The Morgan fingerprint density at radius 3 is 1.17 bits per heavy atom. The molecule has 0 bridgehead atoms. The van der Waals surface area contributed by atoms with Crippen molar-refractivity contribution in [1.82, 2.24) is 9.13 Å². The quantitative estimate of drug-likeness (QED) is 0.132.